The second kappa shape index (κ2) is 9.89. The lowest BCUT2D eigenvalue weighted by molar-refractivity contribution is 0.0412. The molecule has 0 aliphatic heterocycles. The van der Waals surface area contributed by atoms with Gasteiger partial charge in [0, 0.05) is 4.90 Å². The summed E-state index contributed by atoms with van der Waals surface area (Å²) < 4.78 is 6.70. The molecule has 0 amide bonds. The van der Waals surface area contributed by atoms with Gasteiger partial charge in [-0.15, -0.1) is 0 Å². The van der Waals surface area contributed by atoms with Gasteiger partial charge in [-0.2, -0.15) is 0 Å². The summed E-state index contributed by atoms with van der Waals surface area (Å²) in [6.07, 6.45) is 3.52. The first-order valence-corrected chi connectivity index (χ1v) is 9.52. The first kappa shape index (κ1) is 19.9. The molecule has 0 unspecified atom stereocenters. The van der Waals surface area contributed by atoms with Gasteiger partial charge in [0.15, 0.2) is 0 Å². The fourth-order valence-electron chi connectivity index (χ4n) is 2.51. The van der Waals surface area contributed by atoms with E-state index in [1.165, 1.54) is 16.3 Å². The van der Waals surface area contributed by atoms with Crippen LogP contribution in [0.15, 0.2) is 80.2 Å². The van der Waals surface area contributed by atoms with Crippen molar-refractivity contribution in [3.8, 4) is 0 Å². The van der Waals surface area contributed by atoms with Crippen LogP contribution in [0.5, 0.6) is 0 Å². The predicted octanol–water partition coefficient (Wildman–Crippen LogP) is 2.82. The van der Waals surface area contributed by atoms with Crippen molar-refractivity contribution in [1.82, 2.24) is 9.55 Å². The number of nitrogens with zero attached hydrogens (tertiary/aromatic N) is 1. The Bertz CT molecular complexity index is 1040. The van der Waals surface area contributed by atoms with Gasteiger partial charge in [-0.25, -0.2) is 4.79 Å². The second-order valence-electron chi connectivity index (χ2n) is 5.83. The zero-order valence-corrected chi connectivity index (χ0v) is 15.9. The molecule has 0 aliphatic rings. The lowest BCUT2D eigenvalue weighted by Gasteiger charge is -2.14. The monoisotopic (exact) mass is 396 g/mol. The van der Waals surface area contributed by atoms with Gasteiger partial charge in [-0.1, -0.05) is 66.4 Å². The Morgan fingerprint density at radius 1 is 1.00 bits per heavy atom. The van der Waals surface area contributed by atoms with Crippen LogP contribution in [0.2, 0.25) is 0 Å². The smallest absolute Gasteiger partial charge is 0.331 e. The maximum absolute atomic E-state index is 12.5. The molecule has 0 saturated carbocycles. The van der Waals surface area contributed by atoms with Crippen molar-refractivity contribution in [2.45, 2.75) is 16.7 Å². The maximum atomic E-state index is 12.5. The average Bonchev–Trinajstić information content (AvgIpc) is 2.71. The first-order chi connectivity index (χ1) is 13.7. The maximum Gasteiger partial charge on any atom is 0.331 e. The van der Waals surface area contributed by atoms with Gasteiger partial charge in [0.05, 0.1) is 23.8 Å². The summed E-state index contributed by atoms with van der Waals surface area (Å²) in [6.45, 7) is -0.131. The molecule has 144 valence electrons. The van der Waals surface area contributed by atoms with Gasteiger partial charge >= 0.3 is 5.69 Å². The fraction of sp³-hybridized carbons (Fsp3) is 0.143. The molecule has 3 rings (SSSR count). The summed E-state index contributed by atoms with van der Waals surface area (Å²) in [6, 6.07) is 19.1. The van der Waals surface area contributed by atoms with Gasteiger partial charge in [-0.3, -0.25) is 14.3 Å². The van der Waals surface area contributed by atoms with Gasteiger partial charge in [-0.05, 0) is 23.8 Å². The number of rotatable bonds is 8. The number of aliphatic hydroxyl groups is 1. The predicted molar refractivity (Wildman–Crippen MR) is 110 cm³/mol. The van der Waals surface area contributed by atoms with E-state index < -0.39 is 11.2 Å². The molecule has 1 heterocycles. The van der Waals surface area contributed by atoms with E-state index in [0.717, 1.165) is 10.5 Å². The van der Waals surface area contributed by atoms with Crippen LogP contribution in [0.4, 0.5) is 0 Å². The quantitative estimate of drug-likeness (QED) is 0.452. The summed E-state index contributed by atoms with van der Waals surface area (Å²) in [7, 11) is 0. The average molecular weight is 396 g/mol. The lowest BCUT2D eigenvalue weighted by Crippen LogP contribution is -2.33. The van der Waals surface area contributed by atoms with Crippen molar-refractivity contribution < 1.29 is 9.84 Å². The van der Waals surface area contributed by atoms with Crippen LogP contribution in [0.3, 0.4) is 0 Å². The number of ether oxygens (including phenoxy) is 1. The highest BCUT2D eigenvalue weighted by molar-refractivity contribution is 7.99. The molecule has 0 aliphatic carbocycles. The fourth-order valence-corrected chi connectivity index (χ4v) is 3.54. The molecule has 0 spiro atoms. The second-order valence-corrected chi connectivity index (χ2v) is 6.89. The molecule has 2 aromatic carbocycles. The highest BCUT2D eigenvalue weighted by Gasteiger charge is 2.15. The molecule has 0 saturated heterocycles. The molecule has 6 nitrogen and oxygen atoms in total. The third-order valence-electron chi connectivity index (χ3n) is 3.84. The van der Waals surface area contributed by atoms with Crippen molar-refractivity contribution in [3.05, 3.63) is 92.6 Å². The minimum absolute atomic E-state index is 0.0719. The van der Waals surface area contributed by atoms with Gasteiger partial charge in [0.2, 0.25) is 0 Å². The summed E-state index contributed by atoms with van der Waals surface area (Å²) in [5.41, 5.74) is 0.281. The van der Waals surface area contributed by atoms with Gasteiger partial charge in [0.25, 0.3) is 5.56 Å². The molecule has 28 heavy (non-hydrogen) atoms. The largest absolute Gasteiger partial charge is 0.394 e. The van der Waals surface area contributed by atoms with Crippen LogP contribution in [0.25, 0.3) is 12.2 Å². The van der Waals surface area contributed by atoms with E-state index in [1.807, 2.05) is 66.7 Å². The molecule has 1 aromatic heterocycles. The van der Waals surface area contributed by atoms with Crippen LogP contribution < -0.4 is 11.2 Å². The number of aliphatic hydroxyl groups excluding tert-OH is 1. The summed E-state index contributed by atoms with van der Waals surface area (Å²) >= 11 is 1.31. The van der Waals surface area contributed by atoms with Crippen LogP contribution in [-0.2, 0) is 11.5 Å². The number of hydrogen-bond acceptors (Lipinski definition) is 5. The molecule has 0 atom stereocenters. The van der Waals surface area contributed by atoms with E-state index in [4.69, 9.17) is 9.84 Å². The third-order valence-corrected chi connectivity index (χ3v) is 4.98. The van der Waals surface area contributed by atoms with E-state index >= 15 is 0 Å². The summed E-state index contributed by atoms with van der Waals surface area (Å²) in [4.78, 5) is 28.2. The van der Waals surface area contributed by atoms with Crippen LogP contribution in [0.1, 0.15) is 11.1 Å². The summed E-state index contributed by atoms with van der Waals surface area (Å²) in [5, 5.41) is 9.42. The van der Waals surface area contributed by atoms with Crippen LogP contribution in [0, 0.1) is 0 Å². The molecular weight excluding hydrogens is 376 g/mol. The molecule has 3 aromatic rings. The zero-order valence-electron chi connectivity index (χ0n) is 15.1. The van der Waals surface area contributed by atoms with E-state index in [9.17, 15) is 9.59 Å². The van der Waals surface area contributed by atoms with E-state index in [1.54, 1.807) is 6.08 Å². The molecule has 0 radical (unpaired) electrons. The standard InChI is InChI=1S/C21H20N2O4S/c24-13-14-27-15-23-20(28-17-9-5-2-6-10-17)18(19(25)22-21(23)26)12-11-16-7-3-1-4-8-16/h1-12,24H,13-15H2,(H,22,25,26)/b12-11-. The Morgan fingerprint density at radius 3 is 2.36 bits per heavy atom. The van der Waals surface area contributed by atoms with Gasteiger partial charge < -0.3 is 9.84 Å². The van der Waals surface area contributed by atoms with Crippen LogP contribution in [-0.4, -0.2) is 27.9 Å². The SMILES string of the molecule is O=c1[nH]c(=O)n(COCCO)c(Sc2ccccc2)c1/C=C\c1ccccc1. The van der Waals surface area contributed by atoms with E-state index in [0.29, 0.717) is 10.6 Å². The molecule has 2 N–H and O–H groups in total. The zero-order chi connectivity index (χ0) is 19.8. The Balaban J connectivity index is 2.07. The van der Waals surface area contributed by atoms with Gasteiger partial charge in [0.1, 0.15) is 6.73 Å². The number of H-pyrrole nitrogens is 1. The Kier molecular flexibility index (Phi) is 7.02. The topological polar surface area (TPSA) is 84.3 Å². The van der Waals surface area contributed by atoms with E-state index in [-0.39, 0.29) is 19.9 Å². The molecule has 7 heteroatoms. The first-order valence-electron chi connectivity index (χ1n) is 8.71. The minimum Gasteiger partial charge on any atom is -0.394 e. The van der Waals surface area contributed by atoms with Crippen molar-refractivity contribution in [1.29, 1.82) is 0 Å². The Hall–Kier alpha value is -2.87. The number of hydrogen-bond donors (Lipinski definition) is 2. The van der Waals surface area contributed by atoms with Crippen molar-refractivity contribution >= 4 is 23.9 Å². The van der Waals surface area contributed by atoms with Crippen molar-refractivity contribution in [3.63, 3.8) is 0 Å². The number of aromatic nitrogens is 2. The molecule has 0 fully saturated rings. The number of aromatic amines is 1. The minimum atomic E-state index is -0.557. The van der Waals surface area contributed by atoms with Crippen molar-refractivity contribution in [2.75, 3.05) is 13.2 Å². The lowest BCUT2D eigenvalue weighted by atomic mass is 10.2. The van der Waals surface area contributed by atoms with Crippen molar-refractivity contribution in [2.24, 2.45) is 0 Å². The third kappa shape index (κ3) is 5.10. The number of benzene rings is 2. The highest BCUT2D eigenvalue weighted by Crippen LogP contribution is 2.29. The normalized spacial score (nSPS) is 11.2. The van der Waals surface area contributed by atoms with E-state index in [2.05, 4.69) is 4.98 Å². The Labute approximate surface area is 166 Å². The molecular formula is C21H20N2O4S. The highest BCUT2D eigenvalue weighted by atomic mass is 32.2. The molecule has 0 bridgehead atoms. The number of nitrogens with one attached hydrogen (secondary N) is 1. The Morgan fingerprint density at radius 2 is 1.68 bits per heavy atom. The van der Waals surface area contributed by atoms with Crippen LogP contribution >= 0.6 is 11.8 Å². The summed E-state index contributed by atoms with van der Waals surface area (Å²) in [5.74, 6) is 0.